The molecule has 0 bridgehead atoms. The Kier molecular flexibility index (Phi) is 2.41. The first-order chi connectivity index (χ1) is 8.56. The maximum Gasteiger partial charge on any atom is 0.306 e. The maximum atomic E-state index is 11.1. The van der Waals surface area contributed by atoms with E-state index in [2.05, 4.69) is 23.2 Å². The second-order valence-electron chi connectivity index (χ2n) is 5.15. The van der Waals surface area contributed by atoms with E-state index >= 15 is 0 Å². The Morgan fingerprint density at radius 2 is 2.28 bits per heavy atom. The molecule has 2 aromatic rings. The number of rotatable bonds is 1. The van der Waals surface area contributed by atoms with Crippen LogP contribution in [0.4, 0.5) is 0 Å². The molecule has 0 spiro atoms. The van der Waals surface area contributed by atoms with Crippen molar-refractivity contribution in [2.24, 2.45) is 11.7 Å². The molecule has 2 atom stereocenters. The highest BCUT2D eigenvalue weighted by atomic mass is 16.4. The molecule has 1 aromatic carbocycles. The number of fused-ring (bicyclic) bond motifs is 3. The average molecular weight is 244 g/mol. The lowest BCUT2D eigenvalue weighted by molar-refractivity contribution is -0.142. The smallest absolute Gasteiger partial charge is 0.306 e. The molecule has 0 saturated carbocycles. The summed E-state index contributed by atoms with van der Waals surface area (Å²) in [5.41, 5.74) is 10.5. The summed E-state index contributed by atoms with van der Waals surface area (Å²) in [6.07, 6.45) is 1.06. The van der Waals surface area contributed by atoms with Gasteiger partial charge in [-0.3, -0.25) is 4.79 Å². The first kappa shape index (κ1) is 11.3. The molecule has 4 N–H and O–H groups in total. The molecular weight excluding hydrogens is 228 g/mol. The summed E-state index contributed by atoms with van der Waals surface area (Å²) < 4.78 is 0. The Balaban J connectivity index is 2.15. The predicted molar refractivity (Wildman–Crippen MR) is 69.4 cm³/mol. The van der Waals surface area contributed by atoms with Gasteiger partial charge in [0, 0.05) is 29.1 Å². The van der Waals surface area contributed by atoms with E-state index in [0.717, 1.165) is 22.2 Å². The van der Waals surface area contributed by atoms with Crippen molar-refractivity contribution in [3.63, 3.8) is 0 Å². The monoisotopic (exact) mass is 244 g/mol. The van der Waals surface area contributed by atoms with Crippen LogP contribution in [0.5, 0.6) is 0 Å². The molecule has 1 heterocycles. The number of carboxylic acid groups (broad SMARTS) is 1. The summed E-state index contributed by atoms with van der Waals surface area (Å²) in [4.78, 5) is 14.4. The number of H-pyrrole nitrogens is 1. The Labute approximate surface area is 105 Å². The Morgan fingerprint density at radius 1 is 1.50 bits per heavy atom. The lowest BCUT2D eigenvalue weighted by atomic mass is 9.83. The maximum absolute atomic E-state index is 11.1. The van der Waals surface area contributed by atoms with Crippen molar-refractivity contribution in [1.82, 2.24) is 4.98 Å². The fraction of sp³-hybridized carbons (Fsp3) is 0.357. The van der Waals surface area contributed by atoms with Gasteiger partial charge in [-0.25, -0.2) is 0 Å². The van der Waals surface area contributed by atoms with Crippen LogP contribution in [0.15, 0.2) is 18.2 Å². The number of benzene rings is 1. The number of carbonyl (C=O) groups is 1. The van der Waals surface area contributed by atoms with E-state index in [4.69, 9.17) is 10.8 Å². The molecule has 1 aliphatic rings. The largest absolute Gasteiger partial charge is 0.481 e. The van der Waals surface area contributed by atoms with Crippen molar-refractivity contribution >= 4 is 16.9 Å². The fourth-order valence-corrected chi connectivity index (χ4v) is 2.92. The summed E-state index contributed by atoms with van der Waals surface area (Å²) >= 11 is 0. The predicted octanol–water partition coefficient (Wildman–Crippen LogP) is 2.12. The molecular formula is C14H16N2O2. The number of nitrogens with two attached hydrogens (primary N) is 1. The van der Waals surface area contributed by atoms with Gasteiger partial charge >= 0.3 is 5.97 Å². The fourth-order valence-electron chi connectivity index (χ4n) is 2.92. The van der Waals surface area contributed by atoms with E-state index < -0.39 is 5.97 Å². The molecule has 3 rings (SSSR count). The standard InChI is InChI=1S/C14H16N2O2/c1-7-2-3-9-11(4-7)16-12-6-8(14(17)18)5-10(15)13(9)12/h2-4,8,10,16H,5-6,15H2,1H3,(H,17,18). The number of hydrogen-bond acceptors (Lipinski definition) is 2. The van der Waals surface area contributed by atoms with Crippen molar-refractivity contribution in [2.75, 3.05) is 0 Å². The minimum absolute atomic E-state index is 0.189. The number of carboxylic acids is 1. The molecule has 1 aromatic heterocycles. The van der Waals surface area contributed by atoms with Crippen molar-refractivity contribution in [3.05, 3.63) is 35.0 Å². The summed E-state index contributed by atoms with van der Waals surface area (Å²) in [6, 6.07) is 6.02. The van der Waals surface area contributed by atoms with Crippen LogP contribution in [-0.4, -0.2) is 16.1 Å². The van der Waals surface area contributed by atoms with Gasteiger partial charge < -0.3 is 15.8 Å². The quantitative estimate of drug-likeness (QED) is 0.719. The molecule has 0 saturated heterocycles. The minimum atomic E-state index is -0.758. The summed E-state index contributed by atoms with van der Waals surface area (Å²) in [5.74, 6) is -1.13. The molecule has 2 unspecified atom stereocenters. The second kappa shape index (κ2) is 3.85. The van der Waals surface area contributed by atoms with E-state index in [1.807, 2.05) is 6.92 Å². The van der Waals surface area contributed by atoms with Gasteiger partial charge in [0.1, 0.15) is 0 Å². The highest BCUT2D eigenvalue weighted by molar-refractivity contribution is 5.86. The molecule has 1 aliphatic carbocycles. The van der Waals surface area contributed by atoms with Gasteiger partial charge in [-0.1, -0.05) is 12.1 Å². The van der Waals surface area contributed by atoms with Crippen molar-refractivity contribution in [3.8, 4) is 0 Å². The topological polar surface area (TPSA) is 79.1 Å². The summed E-state index contributed by atoms with van der Waals surface area (Å²) in [6.45, 7) is 2.04. The van der Waals surface area contributed by atoms with Crippen LogP contribution < -0.4 is 5.73 Å². The zero-order valence-electron chi connectivity index (χ0n) is 10.2. The highest BCUT2D eigenvalue weighted by Crippen LogP contribution is 2.37. The molecule has 0 fully saturated rings. The van der Waals surface area contributed by atoms with Gasteiger partial charge in [0.2, 0.25) is 0 Å². The number of hydrogen-bond donors (Lipinski definition) is 3. The van der Waals surface area contributed by atoms with Gasteiger partial charge in [-0.2, -0.15) is 0 Å². The van der Waals surface area contributed by atoms with E-state index in [0.29, 0.717) is 12.8 Å². The van der Waals surface area contributed by atoms with Crippen LogP contribution in [0.2, 0.25) is 0 Å². The first-order valence-electron chi connectivity index (χ1n) is 6.15. The number of aryl methyl sites for hydroxylation is 1. The molecule has 0 aliphatic heterocycles. The number of nitrogens with one attached hydrogen (secondary N) is 1. The Bertz CT molecular complexity index is 630. The van der Waals surface area contributed by atoms with Crippen molar-refractivity contribution in [2.45, 2.75) is 25.8 Å². The third kappa shape index (κ3) is 1.61. The average Bonchev–Trinajstić information content (AvgIpc) is 2.66. The molecule has 4 nitrogen and oxygen atoms in total. The molecule has 0 radical (unpaired) electrons. The Hall–Kier alpha value is -1.81. The van der Waals surface area contributed by atoms with Crippen LogP contribution in [0, 0.1) is 12.8 Å². The van der Waals surface area contributed by atoms with Crippen LogP contribution in [0.3, 0.4) is 0 Å². The lowest BCUT2D eigenvalue weighted by Gasteiger charge is -2.24. The van der Waals surface area contributed by atoms with E-state index in [1.165, 1.54) is 5.56 Å². The van der Waals surface area contributed by atoms with Gasteiger partial charge in [0.15, 0.2) is 0 Å². The van der Waals surface area contributed by atoms with E-state index in [-0.39, 0.29) is 12.0 Å². The first-order valence-corrected chi connectivity index (χ1v) is 6.15. The SMILES string of the molecule is Cc1ccc2c3c([nH]c2c1)CC(C(=O)O)CC3N. The van der Waals surface area contributed by atoms with E-state index in [1.54, 1.807) is 0 Å². The molecule has 4 heteroatoms. The Morgan fingerprint density at radius 3 is 3.00 bits per heavy atom. The lowest BCUT2D eigenvalue weighted by Crippen LogP contribution is -2.28. The van der Waals surface area contributed by atoms with Crippen LogP contribution in [0.1, 0.15) is 29.3 Å². The van der Waals surface area contributed by atoms with Crippen LogP contribution >= 0.6 is 0 Å². The van der Waals surface area contributed by atoms with Crippen LogP contribution in [0.25, 0.3) is 10.9 Å². The normalized spacial score (nSPS) is 23.0. The zero-order valence-corrected chi connectivity index (χ0v) is 10.2. The third-order valence-electron chi connectivity index (χ3n) is 3.78. The molecule has 94 valence electrons. The molecule has 0 amide bonds. The van der Waals surface area contributed by atoms with Crippen molar-refractivity contribution < 1.29 is 9.90 Å². The van der Waals surface area contributed by atoms with Crippen LogP contribution in [-0.2, 0) is 11.2 Å². The van der Waals surface area contributed by atoms with Gasteiger partial charge in [-0.15, -0.1) is 0 Å². The zero-order chi connectivity index (χ0) is 12.9. The summed E-state index contributed by atoms with van der Waals surface area (Å²) in [7, 11) is 0. The van der Waals surface area contributed by atoms with Crippen molar-refractivity contribution in [1.29, 1.82) is 0 Å². The minimum Gasteiger partial charge on any atom is -0.481 e. The van der Waals surface area contributed by atoms with Gasteiger partial charge in [0.05, 0.1) is 5.92 Å². The van der Waals surface area contributed by atoms with Gasteiger partial charge in [-0.05, 0) is 30.5 Å². The number of aromatic amines is 1. The number of aromatic nitrogens is 1. The van der Waals surface area contributed by atoms with Gasteiger partial charge in [0.25, 0.3) is 0 Å². The highest BCUT2D eigenvalue weighted by Gasteiger charge is 2.31. The summed E-state index contributed by atoms with van der Waals surface area (Å²) in [5, 5.41) is 10.3. The third-order valence-corrected chi connectivity index (χ3v) is 3.78. The second-order valence-corrected chi connectivity index (χ2v) is 5.15. The number of aliphatic carboxylic acids is 1. The van der Waals surface area contributed by atoms with E-state index in [9.17, 15) is 4.79 Å². The molecule has 18 heavy (non-hydrogen) atoms.